The van der Waals surface area contributed by atoms with E-state index in [9.17, 15) is 19.2 Å². The van der Waals surface area contributed by atoms with Crippen LogP contribution in [0.15, 0.2) is 61.2 Å². The van der Waals surface area contributed by atoms with Gasteiger partial charge >= 0.3 is 0 Å². The van der Waals surface area contributed by atoms with Crippen molar-refractivity contribution >= 4 is 51.6 Å². The number of benzene rings is 2. The molecular formula is C40H41FN10O5. The van der Waals surface area contributed by atoms with Gasteiger partial charge in [-0.15, -0.1) is 0 Å². The Labute approximate surface area is 320 Å². The number of nitrogens with one attached hydrogen (secondary N) is 2. The molecular weight excluding hydrogens is 720 g/mol. The SMILES string of the molecule is O=C1CCC(N2Cc3cc(N4CC(F)(CN5CCC(n6cc7cc(NC(=O)c8cnn9cccnc89)c(OC8CCC8)cc7n6)CC5)C4)ccc3C2=O)C(=O)N1. The van der Waals surface area contributed by atoms with Gasteiger partial charge in [0.15, 0.2) is 11.3 Å². The number of imide groups is 1. The number of amides is 4. The zero-order valence-corrected chi connectivity index (χ0v) is 30.7. The molecule has 1 atom stereocenters. The number of hydrogen-bond acceptors (Lipinski definition) is 10. The Morgan fingerprint density at radius 2 is 1.89 bits per heavy atom. The van der Waals surface area contributed by atoms with E-state index in [-0.39, 0.29) is 49.4 Å². The normalized spacial score (nSPS) is 21.6. The average Bonchev–Trinajstić information content (AvgIpc) is 3.87. The molecule has 7 heterocycles. The van der Waals surface area contributed by atoms with Gasteiger partial charge in [-0.25, -0.2) is 13.9 Å². The summed E-state index contributed by atoms with van der Waals surface area (Å²) in [4.78, 5) is 60.6. The number of halogens is 1. The summed E-state index contributed by atoms with van der Waals surface area (Å²) in [6.45, 7) is 2.65. The van der Waals surface area contributed by atoms with E-state index < -0.39 is 17.6 Å². The second kappa shape index (κ2) is 13.4. The van der Waals surface area contributed by atoms with E-state index in [2.05, 4.69) is 25.6 Å². The highest BCUT2D eigenvalue weighted by Gasteiger charge is 2.46. The molecule has 16 heteroatoms. The smallest absolute Gasteiger partial charge is 0.261 e. The highest BCUT2D eigenvalue weighted by molar-refractivity contribution is 6.09. The third-order valence-corrected chi connectivity index (χ3v) is 12.0. The molecule has 4 fully saturated rings. The van der Waals surface area contributed by atoms with Crippen LogP contribution in [-0.2, 0) is 16.1 Å². The summed E-state index contributed by atoms with van der Waals surface area (Å²) in [5.41, 5.74) is 3.07. The van der Waals surface area contributed by atoms with Crippen molar-refractivity contribution in [2.75, 3.05) is 42.9 Å². The Morgan fingerprint density at radius 1 is 1.05 bits per heavy atom. The molecule has 288 valence electrons. The Hall–Kier alpha value is -5.90. The van der Waals surface area contributed by atoms with Crippen LogP contribution in [0, 0.1) is 0 Å². The second-order valence-electron chi connectivity index (χ2n) is 15.8. The lowest BCUT2D eigenvalue weighted by atomic mass is 9.92. The van der Waals surface area contributed by atoms with Crippen molar-refractivity contribution in [1.29, 1.82) is 0 Å². The Morgan fingerprint density at radius 3 is 2.68 bits per heavy atom. The maximum absolute atomic E-state index is 16.1. The molecule has 3 aromatic heterocycles. The van der Waals surface area contributed by atoms with Crippen molar-refractivity contribution in [1.82, 2.24) is 39.5 Å². The predicted molar refractivity (Wildman–Crippen MR) is 202 cm³/mol. The molecule has 2 aromatic carbocycles. The van der Waals surface area contributed by atoms with Crippen LogP contribution in [0.1, 0.15) is 77.3 Å². The van der Waals surface area contributed by atoms with Crippen LogP contribution in [-0.4, -0.2) is 108 Å². The summed E-state index contributed by atoms with van der Waals surface area (Å²) in [6.07, 6.45) is 12.2. The number of anilines is 2. The second-order valence-corrected chi connectivity index (χ2v) is 15.8. The number of fused-ring (bicyclic) bond motifs is 3. The number of aromatic nitrogens is 5. The molecule has 2 N–H and O–H groups in total. The number of ether oxygens (including phenoxy) is 1. The van der Waals surface area contributed by atoms with E-state index in [1.165, 1.54) is 11.1 Å². The van der Waals surface area contributed by atoms with Gasteiger partial charge < -0.3 is 19.9 Å². The predicted octanol–water partition coefficient (Wildman–Crippen LogP) is 3.89. The third kappa shape index (κ3) is 6.21. The fourth-order valence-corrected chi connectivity index (χ4v) is 8.72. The number of carbonyl (C=O) groups excluding carboxylic acids is 4. The molecule has 1 aliphatic carbocycles. The average molecular weight is 761 g/mol. The van der Waals surface area contributed by atoms with Gasteiger partial charge in [-0.1, -0.05) is 0 Å². The van der Waals surface area contributed by atoms with Gasteiger partial charge in [0.05, 0.1) is 42.6 Å². The van der Waals surface area contributed by atoms with Gasteiger partial charge in [0, 0.05) is 73.9 Å². The minimum Gasteiger partial charge on any atom is -0.488 e. The van der Waals surface area contributed by atoms with Crippen molar-refractivity contribution in [2.45, 2.75) is 75.3 Å². The molecule has 10 rings (SSSR count). The summed E-state index contributed by atoms with van der Waals surface area (Å²) in [7, 11) is 0. The molecule has 1 saturated carbocycles. The van der Waals surface area contributed by atoms with Crippen molar-refractivity contribution in [3.8, 4) is 5.75 Å². The first kappa shape index (κ1) is 34.6. The Bertz CT molecular complexity index is 2410. The van der Waals surface area contributed by atoms with Crippen molar-refractivity contribution in [3.63, 3.8) is 0 Å². The van der Waals surface area contributed by atoms with Crippen molar-refractivity contribution < 1.29 is 28.3 Å². The van der Waals surface area contributed by atoms with Crippen LogP contribution in [0.4, 0.5) is 15.8 Å². The number of alkyl halides is 1. The molecule has 5 aliphatic rings. The molecule has 56 heavy (non-hydrogen) atoms. The van der Waals surface area contributed by atoms with Gasteiger partial charge in [-0.05, 0) is 74.4 Å². The lowest BCUT2D eigenvalue weighted by Gasteiger charge is -2.48. The van der Waals surface area contributed by atoms with E-state index in [1.54, 1.807) is 29.0 Å². The first-order valence-electron chi connectivity index (χ1n) is 19.4. The third-order valence-electron chi connectivity index (χ3n) is 12.0. The maximum atomic E-state index is 16.1. The van der Waals surface area contributed by atoms with E-state index in [4.69, 9.17) is 9.84 Å². The Balaban J connectivity index is 0.766. The molecule has 0 radical (unpaired) electrons. The molecule has 0 spiro atoms. The molecule has 4 aliphatic heterocycles. The van der Waals surface area contributed by atoms with Gasteiger partial charge in [0.25, 0.3) is 11.8 Å². The number of nitrogens with zero attached hydrogens (tertiary/aromatic N) is 8. The summed E-state index contributed by atoms with van der Waals surface area (Å²) < 4.78 is 26.0. The van der Waals surface area contributed by atoms with Crippen molar-refractivity contribution in [2.24, 2.45) is 0 Å². The van der Waals surface area contributed by atoms with Gasteiger partial charge in [0.2, 0.25) is 11.8 Å². The monoisotopic (exact) mass is 760 g/mol. The van der Waals surface area contributed by atoms with E-state index in [0.717, 1.165) is 67.3 Å². The topological polar surface area (TPSA) is 159 Å². The Kier molecular flexibility index (Phi) is 8.27. The summed E-state index contributed by atoms with van der Waals surface area (Å²) in [5, 5.41) is 15.5. The molecule has 1 unspecified atom stereocenters. The lowest BCUT2D eigenvalue weighted by Crippen LogP contribution is -2.64. The lowest BCUT2D eigenvalue weighted by molar-refractivity contribution is -0.136. The number of likely N-dealkylation sites (tertiary alicyclic amines) is 1. The van der Waals surface area contributed by atoms with Crippen LogP contribution in [0.5, 0.6) is 5.75 Å². The fraction of sp³-hybridized carbons (Fsp3) is 0.425. The number of piperidine rings is 2. The fourth-order valence-electron chi connectivity index (χ4n) is 8.72. The first-order valence-corrected chi connectivity index (χ1v) is 19.4. The van der Waals surface area contributed by atoms with E-state index in [0.29, 0.717) is 47.7 Å². The maximum Gasteiger partial charge on any atom is 0.261 e. The number of hydrogen-bond donors (Lipinski definition) is 2. The molecule has 4 amide bonds. The zero-order valence-electron chi connectivity index (χ0n) is 30.7. The van der Waals surface area contributed by atoms with Gasteiger partial charge in [0.1, 0.15) is 17.4 Å². The number of carbonyl (C=O) groups is 4. The summed E-state index contributed by atoms with van der Waals surface area (Å²) in [5.74, 6) is -0.703. The van der Waals surface area contributed by atoms with Gasteiger partial charge in [-0.3, -0.25) is 34.1 Å². The van der Waals surface area contributed by atoms with E-state index in [1.807, 2.05) is 40.0 Å². The molecule has 15 nitrogen and oxygen atoms in total. The van der Waals surface area contributed by atoms with Crippen molar-refractivity contribution in [3.05, 3.63) is 77.9 Å². The molecule has 5 aromatic rings. The minimum absolute atomic E-state index is 0.103. The first-order chi connectivity index (χ1) is 27.2. The quantitative estimate of drug-likeness (QED) is 0.211. The largest absolute Gasteiger partial charge is 0.488 e. The highest BCUT2D eigenvalue weighted by Crippen LogP contribution is 2.38. The number of rotatable bonds is 9. The standard InChI is InChI=1S/C40H41FN10O5/c41-40(22-48(23-40)27-5-6-29-24(15-27)19-49(39(29)55)33-7-8-35(52)45-38(33)54)21-47-13-9-26(10-14-47)51-20-25-16-32(34(17-31(25)46-51)56-28-3-1-4-28)44-37(53)30-18-43-50-12-2-11-42-36(30)50/h2,5-6,11-12,15-18,20,26,28,33H,1,3-4,7-10,13-14,19,21-23H2,(H,44,53)(H,45,52,54). The van der Waals surface area contributed by atoms with Crippen LogP contribution < -0.4 is 20.3 Å². The minimum atomic E-state index is -1.35. The van der Waals surface area contributed by atoms with Crippen LogP contribution >= 0.6 is 0 Å². The van der Waals surface area contributed by atoms with Gasteiger partial charge in [-0.2, -0.15) is 10.2 Å². The molecule has 3 saturated heterocycles. The summed E-state index contributed by atoms with van der Waals surface area (Å²) >= 11 is 0. The highest BCUT2D eigenvalue weighted by atomic mass is 19.1. The van der Waals surface area contributed by atoms with E-state index >= 15 is 4.39 Å². The molecule has 0 bridgehead atoms. The summed E-state index contributed by atoms with van der Waals surface area (Å²) in [6, 6.07) is 10.6. The van der Waals surface area contributed by atoms with Crippen LogP contribution in [0.2, 0.25) is 0 Å². The van der Waals surface area contributed by atoms with Crippen LogP contribution in [0.3, 0.4) is 0 Å². The van der Waals surface area contributed by atoms with Crippen LogP contribution in [0.25, 0.3) is 16.6 Å². The zero-order chi connectivity index (χ0) is 38.1.